The number of nitrogens with zero attached hydrogens (tertiary/aromatic N) is 1. The minimum absolute atomic E-state index is 0.390. The number of amides is 2. The van der Waals surface area contributed by atoms with Gasteiger partial charge in [0, 0.05) is 18.1 Å². The van der Waals surface area contributed by atoms with Gasteiger partial charge in [0.1, 0.15) is 6.04 Å². The highest BCUT2D eigenvalue weighted by Gasteiger charge is 2.21. The number of aliphatic carboxylic acids is 1. The zero-order valence-corrected chi connectivity index (χ0v) is 14.4. The number of benzene rings is 1. The lowest BCUT2D eigenvalue weighted by atomic mass is 10.2. The van der Waals surface area contributed by atoms with Crippen LogP contribution in [0.25, 0.3) is 0 Å². The molecule has 0 heterocycles. The van der Waals surface area contributed by atoms with Gasteiger partial charge in [-0.1, -0.05) is 34.1 Å². The molecule has 1 aromatic rings. The topological polar surface area (TPSA) is 69.6 Å². The lowest BCUT2D eigenvalue weighted by Gasteiger charge is -2.21. The maximum Gasteiger partial charge on any atom is 0.326 e. The van der Waals surface area contributed by atoms with E-state index in [0.717, 1.165) is 10.0 Å². The Morgan fingerprint density at radius 2 is 2.10 bits per heavy atom. The lowest BCUT2D eigenvalue weighted by molar-refractivity contribution is -0.139. The van der Waals surface area contributed by atoms with E-state index in [2.05, 4.69) is 21.2 Å². The highest BCUT2D eigenvalue weighted by atomic mass is 79.9. The van der Waals surface area contributed by atoms with E-state index in [-0.39, 0.29) is 6.03 Å². The number of hydrogen-bond acceptors (Lipinski definition) is 3. The SMILES string of the molecule is CSCC[C@H](NC(=O)N(C)Cc1ccccc1Br)C(=O)O. The van der Waals surface area contributed by atoms with Crippen LogP contribution in [0, 0.1) is 0 Å². The maximum atomic E-state index is 12.1. The molecule has 2 amide bonds. The first-order chi connectivity index (χ1) is 9.95. The largest absolute Gasteiger partial charge is 0.480 e. The second-order valence-electron chi connectivity index (χ2n) is 4.57. The van der Waals surface area contributed by atoms with Crippen molar-refractivity contribution in [2.45, 2.75) is 19.0 Å². The number of thioether (sulfide) groups is 1. The summed E-state index contributed by atoms with van der Waals surface area (Å²) in [6, 6.07) is 6.36. The molecular formula is C14H19BrN2O3S. The number of hydrogen-bond donors (Lipinski definition) is 2. The van der Waals surface area contributed by atoms with Gasteiger partial charge in [0.2, 0.25) is 0 Å². The van der Waals surface area contributed by atoms with E-state index in [1.165, 1.54) is 4.90 Å². The van der Waals surface area contributed by atoms with Crippen molar-refractivity contribution in [1.82, 2.24) is 10.2 Å². The van der Waals surface area contributed by atoms with Crippen molar-refractivity contribution >= 4 is 39.7 Å². The van der Waals surface area contributed by atoms with Gasteiger partial charge in [0.25, 0.3) is 0 Å². The smallest absolute Gasteiger partial charge is 0.326 e. The number of halogens is 1. The molecule has 21 heavy (non-hydrogen) atoms. The number of carboxylic acids is 1. The molecule has 0 fully saturated rings. The van der Waals surface area contributed by atoms with E-state index in [1.807, 2.05) is 30.5 Å². The fourth-order valence-electron chi connectivity index (χ4n) is 1.71. The molecule has 0 aliphatic carbocycles. The van der Waals surface area contributed by atoms with Crippen LogP contribution in [0.2, 0.25) is 0 Å². The number of carbonyl (C=O) groups is 2. The molecule has 1 aromatic carbocycles. The minimum atomic E-state index is -1.01. The summed E-state index contributed by atoms with van der Waals surface area (Å²) in [7, 11) is 1.64. The van der Waals surface area contributed by atoms with E-state index in [1.54, 1.807) is 18.8 Å². The Morgan fingerprint density at radius 3 is 2.67 bits per heavy atom. The van der Waals surface area contributed by atoms with Gasteiger partial charge in [0.05, 0.1) is 0 Å². The Labute approximate surface area is 137 Å². The summed E-state index contributed by atoms with van der Waals surface area (Å²) in [4.78, 5) is 24.7. The van der Waals surface area contributed by atoms with Gasteiger partial charge < -0.3 is 15.3 Å². The third-order valence-electron chi connectivity index (χ3n) is 2.92. The predicted octanol–water partition coefficient (Wildman–Crippen LogP) is 2.80. The number of carboxylic acid groups (broad SMARTS) is 1. The monoisotopic (exact) mass is 374 g/mol. The number of carbonyl (C=O) groups excluding carboxylic acids is 1. The van der Waals surface area contributed by atoms with Crippen LogP contribution in [0.15, 0.2) is 28.7 Å². The Hall–Kier alpha value is -1.21. The molecule has 0 aliphatic heterocycles. The molecule has 2 N–H and O–H groups in total. The second-order valence-corrected chi connectivity index (χ2v) is 6.41. The first-order valence-corrected chi connectivity index (χ1v) is 8.61. The van der Waals surface area contributed by atoms with Crippen LogP contribution in [0.4, 0.5) is 4.79 Å². The van der Waals surface area contributed by atoms with Gasteiger partial charge in [-0.25, -0.2) is 9.59 Å². The van der Waals surface area contributed by atoms with Crippen LogP contribution in [-0.2, 0) is 11.3 Å². The third kappa shape index (κ3) is 5.97. The Bertz CT molecular complexity index is 499. The molecule has 0 unspecified atom stereocenters. The third-order valence-corrected chi connectivity index (χ3v) is 4.34. The highest BCUT2D eigenvalue weighted by Crippen LogP contribution is 2.17. The van der Waals surface area contributed by atoms with Crippen molar-refractivity contribution in [1.29, 1.82) is 0 Å². The molecule has 0 saturated carbocycles. The fourth-order valence-corrected chi connectivity index (χ4v) is 2.59. The number of urea groups is 1. The molecule has 0 aliphatic rings. The van der Waals surface area contributed by atoms with Crippen molar-refractivity contribution in [3.8, 4) is 0 Å². The standard InChI is InChI=1S/C14H19BrN2O3S/c1-17(9-10-5-3-4-6-11(10)15)14(20)16-12(13(18)19)7-8-21-2/h3-6,12H,7-9H2,1-2H3,(H,16,20)(H,18,19)/t12-/m0/s1. The number of nitrogens with one attached hydrogen (secondary N) is 1. The average Bonchev–Trinajstić information content (AvgIpc) is 2.45. The van der Waals surface area contributed by atoms with E-state index >= 15 is 0 Å². The molecule has 0 spiro atoms. The van der Waals surface area contributed by atoms with Crippen LogP contribution in [0.1, 0.15) is 12.0 Å². The van der Waals surface area contributed by atoms with E-state index < -0.39 is 12.0 Å². The molecule has 1 rings (SSSR count). The lowest BCUT2D eigenvalue weighted by Crippen LogP contribution is -2.46. The zero-order chi connectivity index (χ0) is 15.8. The summed E-state index contributed by atoms with van der Waals surface area (Å²) < 4.78 is 0.918. The van der Waals surface area contributed by atoms with E-state index in [4.69, 9.17) is 5.11 Å². The van der Waals surface area contributed by atoms with Crippen LogP contribution in [0.5, 0.6) is 0 Å². The molecule has 116 valence electrons. The molecule has 0 saturated heterocycles. The summed E-state index contributed by atoms with van der Waals surface area (Å²) in [5.41, 5.74) is 0.964. The summed E-state index contributed by atoms with van der Waals surface area (Å²) in [5, 5.41) is 11.7. The summed E-state index contributed by atoms with van der Waals surface area (Å²) in [6.07, 6.45) is 2.31. The van der Waals surface area contributed by atoms with Crippen molar-refractivity contribution in [3.05, 3.63) is 34.3 Å². The molecule has 5 nitrogen and oxygen atoms in total. The van der Waals surface area contributed by atoms with Gasteiger partial charge in [-0.2, -0.15) is 11.8 Å². The molecule has 1 atom stereocenters. The van der Waals surface area contributed by atoms with E-state index in [9.17, 15) is 9.59 Å². The Kier molecular flexibility index (Phi) is 7.60. The molecule has 7 heteroatoms. The van der Waals surface area contributed by atoms with Gasteiger partial charge in [-0.05, 0) is 30.1 Å². The van der Waals surface area contributed by atoms with Crippen LogP contribution in [0.3, 0.4) is 0 Å². The van der Waals surface area contributed by atoms with Crippen LogP contribution < -0.4 is 5.32 Å². The summed E-state index contributed by atoms with van der Waals surface area (Å²) in [6.45, 7) is 0.405. The first-order valence-electron chi connectivity index (χ1n) is 6.42. The molecule has 0 radical (unpaired) electrons. The van der Waals surface area contributed by atoms with Crippen molar-refractivity contribution in [2.75, 3.05) is 19.1 Å². The molecular weight excluding hydrogens is 356 g/mol. The van der Waals surface area contributed by atoms with Crippen molar-refractivity contribution in [2.24, 2.45) is 0 Å². The van der Waals surface area contributed by atoms with Crippen molar-refractivity contribution < 1.29 is 14.7 Å². The van der Waals surface area contributed by atoms with Crippen molar-refractivity contribution in [3.63, 3.8) is 0 Å². The Balaban J connectivity index is 2.61. The van der Waals surface area contributed by atoms with Crippen LogP contribution in [-0.4, -0.2) is 47.1 Å². The zero-order valence-electron chi connectivity index (χ0n) is 12.0. The minimum Gasteiger partial charge on any atom is -0.480 e. The quantitative estimate of drug-likeness (QED) is 0.769. The number of rotatable bonds is 7. The highest BCUT2D eigenvalue weighted by molar-refractivity contribution is 9.10. The van der Waals surface area contributed by atoms with Crippen LogP contribution >= 0.6 is 27.7 Å². The molecule has 0 aromatic heterocycles. The second kappa shape index (κ2) is 8.94. The normalized spacial score (nSPS) is 11.8. The summed E-state index contributed by atoms with van der Waals surface area (Å²) >= 11 is 4.98. The van der Waals surface area contributed by atoms with Gasteiger partial charge in [-0.3, -0.25) is 0 Å². The fraction of sp³-hybridized carbons (Fsp3) is 0.429. The van der Waals surface area contributed by atoms with Gasteiger partial charge in [-0.15, -0.1) is 0 Å². The van der Waals surface area contributed by atoms with Gasteiger partial charge in [0.15, 0.2) is 0 Å². The Morgan fingerprint density at radius 1 is 1.43 bits per heavy atom. The maximum absolute atomic E-state index is 12.1. The molecule has 0 bridgehead atoms. The predicted molar refractivity (Wildman–Crippen MR) is 88.6 cm³/mol. The summed E-state index contributed by atoms with van der Waals surface area (Å²) in [5.74, 6) is -0.322. The average molecular weight is 375 g/mol. The van der Waals surface area contributed by atoms with Gasteiger partial charge >= 0.3 is 12.0 Å². The van der Waals surface area contributed by atoms with E-state index in [0.29, 0.717) is 18.7 Å². The first kappa shape index (κ1) is 17.8.